The fourth-order valence-corrected chi connectivity index (χ4v) is 3.32. The molecule has 1 N–H and O–H groups in total. The molecule has 0 radical (unpaired) electrons. The summed E-state index contributed by atoms with van der Waals surface area (Å²) in [5.41, 5.74) is 4.22. The normalized spacial score (nSPS) is 17.5. The summed E-state index contributed by atoms with van der Waals surface area (Å²) in [6.07, 6.45) is 2.94. The van der Waals surface area contributed by atoms with Crippen molar-refractivity contribution < 1.29 is 4.79 Å². The minimum Gasteiger partial charge on any atom is -0.334 e. The monoisotopic (exact) mass is 330 g/mol. The van der Waals surface area contributed by atoms with Crippen molar-refractivity contribution in [2.24, 2.45) is 0 Å². The van der Waals surface area contributed by atoms with E-state index in [2.05, 4.69) is 40.1 Å². The van der Waals surface area contributed by atoms with Crippen molar-refractivity contribution in [2.45, 2.75) is 53.2 Å². The largest absolute Gasteiger partial charge is 0.334 e. The van der Waals surface area contributed by atoms with E-state index in [-0.39, 0.29) is 12.1 Å². The number of nitrogens with one attached hydrogen (secondary N) is 1. The third-order valence-electron chi connectivity index (χ3n) is 4.64. The topological polar surface area (TPSA) is 68.0 Å². The van der Waals surface area contributed by atoms with Crippen molar-refractivity contribution >= 4 is 6.03 Å². The van der Waals surface area contributed by atoms with Crippen LogP contribution >= 0.6 is 0 Å². The smallest absolute Gasteiger partial charge is 0.317 e. The molecular weight excluding hydrogens is 304 g/mol. The van der Waals surface area contributed by atoms with Crippen LogP contribution in [0.25, 0.3) is 0 Å². The highest BCUT2D eigenvalue weighted by molar-refractivity contribution is 5.74. The summed E-state index contributed by atoms with van der Waals surface area (Å²) in [5, 5.41) is 12.0. The molecule has 7 nitrogen and oxygen atoms in total. The first-order chi connectivity index (χ1) is 11.5. The molecule has 24 heavy (non-hydrogen) atoms. The molecule has 0 saturated carbocycles. The second kappa shape index (κ2) is 6.67. The van der Waals surface area contributed by atoms with Crippen molar-refractivity contribution in [2.75, 3.05) is 13.1 Å². The van der Waals surface area contributed by atoms with Gasteiger partial charge in [-0.25, -0.2) is 4.79 Å². The molecular formula is C17H26N6O. The highest BCUT2D eigenvalue weighted by atomic mass is 16.2. The van der Waals surface area contributed by atoms with Crippen LogP contribution in [0.15, 0.2) is 12.3 Å². The number of hydrogen-bond acceptors (Lipinski definition) is 3. The number of rotatable bonds is 4. The summed E-state index contributed by atoms with van der Waals surface area (Å²) in [4.78, 5) is 14.3. The molecule has 0 aliphatic carbocycles. The fourth-order valence-electron chi connectivity index (χ4n) is 3.32. The zero-order valence-electron chi connectivity index (χ0n) is 14.9. The first-order valence-corrected chi connectivity index (χ1v) is 8.56. The van der Waals surface area contributed by atoms with Crippen LogP contribution in [0.5, 0.6) is 0 Å². The van der Waals surface area contributed by atoms with Gasteiger partial charge in [0.05, 0.1) is 17.4 Å². The molecule has 130 valence electrons. The molecule has 0 bridgehead atoms. The molecule has 2 aromatic rings. The lowest BCUT2D eigenvalue weighted by Gasteiger charge is -2.18. The minimum absolute atomic E-state index is 0.0114. The van der Waals surface area contributed by atoms with E-state index in [0.717, 1.165) is 42.2 Å². The number of carbonyl (C=O) groups is 1. The third kappa shape index (κ3) is 3.29. The van der Waals surface area contributed by atoms with Crippen LogP contribution in [-0.4, -0.2) is 43.6 Å². The molecule has 1 saturated heterocycles. The molecule has 3 heterocycles. The van der Waals surface area contributed by atoms with E-state index in [0.29, 0.717) is 13.1 Å². The van der Waals surface area contributed by atoms with Crippen molar-refractivity contribution in [1.29, 1.82) is 0 Å². The quantitative estimate of drug-likeness (QED) is 0.934. The number of nitrogens with zero attached hydrogens (tertiary/aromatic N) is 5. The molecule has 7 heteroatoms. The predicted octanol–water partition coefficient (Wildman–Crippen LogP) is 2.18. The number of aromatic nitrogens is 4. The zero-order chi connectivity index (χ0) is 17.3. The number of urea groups is 1. The summed E-state index contributed by atoms with van der Waals surface area (Å²) in [6, 6.07) is 2.34. The Morgan fingerprint density at radius 3 is 2.75 bits per heavy atom. The van der Waals surface area contributed by atoms with E-state index in [1.807, 2.05) is 29.6 Å². The van der Waals surface area contributed by atoms with E-state index in [9.17, 15) is 4.79 Å². The van der Waals surface area contributed by atoms with Crippen LogP contribution in [-0.2, 0) is 13.1 Å². The van der Waals surface area contributed by atoms with Crippen molar-refractivity contribution in [3.05, 3.63) is 34.9 Å². The van der Waals surface area contributed by atoms with Gasteiger partial charge < -0.3 is 10.2 Å². The molecule has 1 fully saturated rings. The van der Waals surface area contributed by atoms with Gasteiger partial charge in [0.2, 0.25) is 0 Å². The van der Waals surface area contributed by atoms with Gasteiger partial charge in [-0.05, 0) is 40.2 Å². The molecule has 2 aromatic heterocycles. The number of likely N-dealkylation sites (tertiary alicyclic amines) is 1. The van der Waals surface area contributed by atoms with Crippen LogP contribution in [0.4, 0.5) is 4.79 Å². The summed E-state index contributed by atoms with van der Waals surface area (Å²) < 4.78 is 3.95. The number of hydrogen-bond donors (Lipinski definition) is 1. The summed E-state index contributed by atoms with van der Waals surface area (Å²) in [7, 11) is 0. The van der Waals surface area contributed by atoms with Gasteiger partial charge in [-0.15, -0.1) is 0 Å². The second-order valence-electron chi connectivity index (χ2n) is 6.51. The first kappa shape index (κ1) is 16.5. The Bertz CT molecular complexity index is 732. The van der Waals surface area contributed by atoms with Gasteiger partial charge in [0.25, 0.3) is 0 Å². The van der Waals surface area contributed by atoms with Gasteiger partial charge in [0.1, 0.15) is 0 Å². The summed E-state index contributed by atoms with van der Waals surface area (Å²) in [5.74, 6) is 0. The fraction of sp³-hybridized carbons (Fsp3) is 0.588. The predicted molar refractivity (Wildman–Crippen MR) is 91.8 cm³/mol. The Hall–Kier alpha value is -2.31. The third-order valence-corrected chi connectivity index (χ3v) is 4.64. The number of carbonyl (C=O) groups excluding carboxylic acids is 1. The highest BCUT2D eigenvalue weighted by Crippen LogP contribution is 2.23. The van der Waals surface area contributed by atoms with Crippen molar-refractivity contribution in [3.8, 4) is 0 Å². The lowest BCUT2D eigenvalue weighted by Crippen LogP contribution is -2.38. The molecule has 1 aliphatic heterocycles. The van der Waals surface area contributed by atoms with E-state index in [1.165, 1.54) is 0 Å². The molecule has 0 spiro atoms. The minimum atomic E-state index is -0.0114. The lowest BCUT2D eigenvalue weighted by molar-refractivity contribution is 0.206. The molecule has 1 aliphatic rings. The average molecular weight is 330 g/mol. The van der Waals surface area contributed by atoms with Crippen molar-refractivity contribution in [3.63, 3.8) is 0 Å². The van der Waals surface area contributed by atoms with Gasteiger partial charge in [-0.3, -0.25) is 9.36 Å². The first-order valence-electron chi connectivity index (χ1n) is 8.56. The Morgan fingerprint density at radius 2 is 2.12 bits per heavy atom. The maximum atomic E-state index is 12.4. The number of amides is 2. The van der Waals surface area contributed by atoms with E-state index < -0.39 is 0 Å². The van der Waals surface area contributed by atoms with Crippen LogP contribution in [0.3, 0.4) is 0 Å². The number of aryl methyl sites for hydroxylation is 4. The standard InChI is InChI=1S/C17H26N6O/c1-5-22-10-15(14(4)20-22)9-18-17(24)21-7-6-16(11-21)23-13(3)8-12(2)19-23/h8,10,16H,5-7,9,11H2,1-4H3,(H,18,24). The van der Waals surface area contributed by atoms with Gasteiger partial charge in [0, 0.05) is 43.6 Å². The van der Waals surface area contributed by atoms with Crippen LogP contribution in [0.2, 0.25) is 0 Å². The van der Waals surface area contributed by atoms with Gasteiger partial charge >= 0.3 is 6.03 Å². The van der Waals surface area contributed by atoms with Crippen molar-refractivity contribution in [1.82, 2.24) is 29.8 Å². The molecule has 2 amide bonds. The van der Waals surface area contributed by atoms with E-state index in [4.69, 9.17) is 0 Å². The van der Waals surface area contributed by atoms with Gasteiger partial charge in [0.15, 0.2) is 0 Å². The molecule has 0 aromatic carbocycles. The Labute approximate surface area is 142 Å². The highest BCUT2D eigenvalue weighted by Gasteiger charge is 2.28. The van der Waals surface area contributed by atoms with E-state index in [1.54, 1.807) is 0 Å². The maximum absolute atomic E-state index is 12.4. The Balaban J connectivity index is 1.56. The van der Waals surface area contributed by atoms with Gasteiger partial charge in [-0.1, -0.05) is 0 Å². The Kier molecular flexibility index (Phi) is 4.59. The van der Waals surface area contributed by atoms with Gasteiger partial charge in [-0.2, -0.15) is 10.2 Å². The maximum Gasteiger partial charge on any atom is 0.317 e. The molecule has 3 rings (SSSR count). The van der Waals surface area contributed by atoms with Crippen LogP contribution in [0, 0.1) is 20.8 Å². The average Bonchev–Trinajstić information content (AvgIpc) is 3.24. The molecule has 1 unspecified atom stereocenters. The van der Waals surface area contributed by atoms with Crippen LogP contribution < -0.4 is 5.32 Å². The summed E-state index contributed by atoms with van der Waals surface area (Å²) >= 11 is 0. The second-order valence-corrected chi connectivity index (χ2v) is 6.51. The lowest BCUT2D eigenvalue weighted by atomic mass is 10.2. The van der Waals surface area contributed by atoms with E-state index >= 15 is 0 Å². The molecule has 1 atom stereocenters. The Morgan fingerprint density at radius 1 is 1.33 bits per heavy atom. The SMILES string of the molecule is CCn1cc(CNC(=O)N2CCC(n3nc(C)cc3C)C2)c(C)n1. The van der Waals surface area contributed by atoms with Crippen LogP contribution in [0.1, 0.15) is 42.0 Å². The zero-order valence-corrected chi connectivity index (χ0v) is 14.9. The summed E-state index contributed by atoms with van der Waals surface area (Å²) in [6.45, 7) is 10.9.